The van der Waals surface area contributed by atoms with E-state index in [4.69, 9.17) is 33.7 Å². The maximum Gasteiger partial charge on any atom is 0.459 e. The average Bonchev–Trinajstić information content (AvgIpc) is 3.60. The van der Waals surface area contributed by atoms with Gasteiger partial charge in [-0.25, -0.2) is 14.1 Å². The number of fused-ring (bicyclic) bond motifs is 1. The second-order valence-electron chi connectivity index (χ2n) is 10.1. The number of nitrogens with two attached hydrogens (primary N) is 1. The van der Waals surface area contributed by atoms with Crippen molar-refractivity contribution < 1.29 is 46.9 Å². The number of carbonyl (C=O) groups is 3. The number of hydrogen-bond donors (Lipinski definition) is 2. The largest absolute Gasteiger partial charge is 0.465 e. The summed E-state index contributed by atoms with van der Waals surface area (Å²) < 4.78 is 49.8. The molecule has 246 valence electrons. The second kappa shape index (κ2) is 14.7. The van der Waals surface area contributed by atoms with Crippen LogP contribution in [0.5, 0.6) is 5.75 Å². The molecule has 1 fully saturated rings. The predicted octanol–water partition coefficient (Wildman–Crippen LogP) is 3.03. The highest BCUT2D eigenvalue weighted by Gasteiger charge is 2.62. The summed E-state index contributed by atoms with van der Waals surface area (Å²) in [6.07, 6.45) is -3.16. The number of esters is 3. The SMILES string of the molecule is CCOC(=O)C(C)N[P@](=O)(OC[C@@]1(C#N)O[C@@H](c2ccc3c(N)ncnn23)[C@H](OC(=O)CC)[C@@H]1OC(=O)CC)Oc1ccccc1. The van der Waals surface area contributed by atoms with Crippen molar-refractivity contribution in [1.82, 2.24) is 19.7 Å². The first-order valence-corrected chi connectivity index (χ1v) is 16.0. The molecule has 1 unspecified atom stereocenters. The van der Waals surface area contributed by atoms with Crippen molar-refractivity contribution in [2.24, 2.45) is 0 Å². The van der Waals surface area contributed by atoms with E-state index in [0.717, 1.165) is 0 Å². The highest BCUT2D eigenvalue weighted by molar-refractivity contribution is 7.52. The van der Waals surface area contributed by atoms with Crippen molar-refractivity contribution in [3.63, 3.8) is 0 Å². The van der Waals surface area contributed by atoms with Gasteiger partial charge in [0.1, 0.15) is 42.4 Å². The minimum Gasteiger partial charge on any atom is -0.465 e. The Morgan fingerprint density at radius 1 is 1.13 bits per heavy atom. The van der Waals surface area contributed by atoms with Gasteiger partial charge in [0.15, 0.2) is 18.0 Å². The fraction of sp³-hybridized carbons (Fsp3) is 0.448. The smallest absolute Gasteiger partial charge is 0.459 e. The van der Waals surface area contributed by atoms with Gasteiger partial charge in [-0.1, -0.05) is 32.0 Å². The van der Waals surface area contributed by atoms with Gasteiger partial charge in [0.25, 0.3) is 0 Å². The number of nitrogens with one attached hydrogen (secondary N) is 1. The van der Waals surface area contributed by atoms with Crippen molar-refractivity contribution in [2.45, 2.75) is 70.5 Å². The number of hydrogen-bond acceptors (Lipinski definition) is 14. The van der Waals surface area contributed by atoms with Gasteiger partial charge in [0.2, 0.25) is 5.60 Å². The molecule has 0 radical (unpaired) electrons. The molecule has 3 heterocycles. The molecule has 0 amide bonds. The van der Waals surface area contributed by atoms with Crippen LogP contribution in [0.2, 0.25) is 0 Å². The maximum atomic E-state index is 14.2. The van der Waals surface area contributed by atoms with E-state index < -0.39 is 62.2 Å². The molecule has 2 aromatic heterocycles. The van der Waals surface area contributed by atoms with Gasteiger partial charge >= 0.3 is 25.7 Å². The summed E-state index contributed by atoms with van der Waals surface area (Å²) >= 11 is 0. The van der Waals surface area contributed by atoms with E-state index in [9.17, 15) is 24.2 Å². The third-order valence-electron chi connectivity index (χ3n) is 6.90. The van der Waals surface area contributed by atoms with Gasteiger partial charge in [0.05, 0.1) is 12.3 Å². The van der Waals surface area contributed by atoms with Crippen molar-refractivity contribution in [3.8, 4) is 11.8 Å². The van der Waals surface area contributed by atoms with Crippen LogP contribution in [0, 0.1) is 11.3 Å². The number of aromatic nitrogens is 3. The lowest BCUT2D eigenvalue weighted by Gasteiger charge is -2.30. The third-order valence-corrected chi connectivity index (χ3v) is 8.52. The second-order valence-corrected chi connectivity index (χ2v) is 11.8. The highest BCUT2D eigenvalue weighted by Crippen LogP contribution is 2.50. The van der Waals surface area contributed by atoms with Gasteiger partial charge in [-0.2, -0.15) is 15.4 Å². The number of anilines is 1. The Bertz CT molecular complexity index is 1650. The van der Waals surface area contributed by atoms with Gasteiger partial charge in [-0.05, 0) is 38.1 Å². The monoisotopic (exact) mass is 658 g/mol. The van der Waals surface area contributed by atoms with Crippen LogP contribution in [0.1, 0.15) is 52.3 Å². The van der Waals surface area contributed by atoms with Crippen LogP contribution in [-0.2, 0) is 42.4 Å². The minimum atomic E-state index is -4.50. The van der Waals surface area contributed by atoms with Crippen LogP contribution in [-0.4, -0.2) is 69.6 Å². The molecular formula is C29H35N6O10P. The predicted molar refractivity (Wildman–Crippen MR) is 160 cm³/mol. The highest BCUT2D eigenvalue weighted by atomic mass is 31.2. The van der Waals surface area contributed by atoms with E-state index >= 15 is 0 Å². The fourth-order valence-electron chi connectivity index (χ4n) is 4.63. The van der Waals surface area contributed by atoms with Crippen LogP contribution < -0.4 is 15.3 Å². The van der Waals surface area contributed by atoms with E-state index in [1.165, 1.54) is 36.8 Å². The van der Waals surface area contributed by atoms with Crippen molar-refractivity contribution in [2.75, 3.05) is 18.9 Å². The number of benzene rings is 1. The summed E-state index contributed by atoms with van der Waals surface area (Å²) in [5, 5.41) is 17.4. The number of nitrogens with zero attached hydrogens (tertiary/aromatic N) is 4. The van der Waals surface area contributed by atoms with Gasteiger partial charge in [-0.3, -0.25) is 18.9 Å². The Labute approximate surface area is 264 Å². The minimum absolute atomic E-state index is 0.0481. The molecule has 1 aliphatic rings. The number of rotatable bonds is 14. The summed E-state index contributed by atoms with van der Waals surface area (Å²) in [6, 6.07) is 12.0. The molecule has 0 saturated carbocycles. The summed E-state index contributed by atoms with van der Waals surface area (Å²) in [5.41, 5.74) is 4.47. The summed E-state index contributed by atoms with van der Waals surface area (Å²) in [6.45, 7) is 5.33. The van der Waals surface area contributed by atoms with Crippen LogP contribution in [0.3, 0.4) is 0 Å². The molecular weight excluding hydrogens is 623 g/mol. The van der Waals surface area contributed by atoms with Gasteiger partial charge in [0, 0.05) is 12.8 Å². The molecule has 16 nitrogen and oxygen atoms in total. The lowest BCUT2D eigenvalue weighted by Crippen LogP contribution is -2.49. The van der Waals surface area contributed by atoms with Gasteiger partial charge < -0.3 is 29.2 Å². The van der Waals surface area contributed by atoms with Crippen molar-refractivity contribution >= 4 is 37.0 Å². The van der Waals surface area contributed by atoms with E-state index in [0.29, 0.717) is 5.52 Å². The van der Waals surface area contributed by atoms with Crippen LogP contribution in [0.15, 0.2) is 48.8 Å². The molecule has 0 bridgehead atoms. The molecule has 6 atom stereocenters. The third kappa shape index (κ3) is 7.45. The Hall–Kier alpha value is -4.55. The Balaban J connectivity index is 1.77. The number of nitrogen functional groups attached to an aromatic ring is 1. The lowest BCUT2D eigenvalue weighted by atomic mass is 9.95. The normalized spacial score (nSPS) is 22.7. The van der Waals surface area contributed by atoms with E-state index in [-0.39, 0.29) is 36.7 Å². The Morgan fingerprint density at radius 2 is 1.83 bits per heavy atom. The molecule has 4 rings (SSSR count). The molecule has 0 aliphatic carbocycles. The first kappa shape index (κ1) is 34.3. The lowest BCUT2D eigenvalue weighted by molar-refractivity contribution is -0.169. The molecule has 3 aromatic rings. The topological polar surface area (TPSA) is 216 Å². The molecule has 1 aliphatic heterocycles. The van der Waals surface area contributed by atoms with Crippen molar-refractivity contribution in [3.05, 3.63) is 54.5 Å². The number of nitriles is 1. The standard InChI is InChI=1S/C29H35N6O10P/c1-5-22(36)42-25-24(20-13-14-21-27(31)32-17-33-35(20)21)44-29(15-30,26(25)43-23(37)6-2)16-41-46(39,34-18(4)28(38)40-7-3)45-19-11-9-8-10-12-19/h8-14,17-18,24-26H,5-7,16H2,1-4H3,(H,34,39)(H2,31,32,33)/t18?,24-,25-,26-,29+,46-/m0/s1. The molecule has 1 aromatic carbocycles. The number of ether oxygens (including phenoxy) is 4. The zero-order valence-corrected chi connectivity index (χ0v) is 26.5. The fourth-order valence-corrected chi connectivity index (χ4v) is 6.16. The van der Waals surface area contributed by atoms with E-state index in [1.807, 2.05) is 6.07 Å². The first-order chi connectivity index (χ1) is 22.0. The summed E-state index contributed by atoms with van der Waals surface area (Å²) in [5.74, 6) is -1.89. The van der Waals surface area contributed by atoms with Crippen LogP contribution in [0.4, 0.5) is 5.82 Å². The van der Waals surface area contributed by atoms with E-state index in [1.54, 1.807) is 44.2 Å². The zero-order valence-electron chi connectivity index (χ0n) is 25.7. The number of carbonyl (C=O) groups excluding carboxylic acids is 3. The molecule has 3 N–H and O–H groups in total. The Kier molecular flexibility index (Phi) is 11.0. The molecule has 17 heteroatoms. The maximum absolute atomic E-state index is 14.2. The first-order valence-electron chi connectivity index (χ1n) is 14.5. The zero-order chi connectivity index (χ0) is 33.5. The van der Waals surface area contributed by atoms with Crippen LogP contribution >= 0.6 is 7.75 Å². The number of para-hydroxylation sites is 1. The molecule has 1 saturated heterocycles. The summed E-state index contributed by atoms with van der Waals surface area (Å²) in [7, 11) is -4.50. The quantitative estimate of drug-likeness (QED) is 0.145. The molecule has 46 heavy (non-hydrogen) atoms. The summed E-state index contributed by atoms with van der Waals surface area (Å²) in [4.78, 5) is 41.7. The van der Waals surface area contributed by atoms with Crippen LogP contribution in [0.25, 0.3) is 5.52 Å². The molecule has 0 spiro atoms. The van der Waals surface area contributed by atoms with E-state index in [2.05, 4.69) is 15.2 Å². The Morgan fingerprint density at radius 3 is 2.48 bits per heavy atom. The van der Waals surface area contributed by atoms with Gasteiger partial charge in [-0.15, -0.1) is 0 Å². The average molecular weight is 659 g/mol. The van der Waals surface area contributed by atoms with Crippen molar-refractivity contribution in [1.29, 1.82) is 5.26 Å².